The number of hydrogen-bond acceptors (Lipinski definition) is 2. The van der Waals surface area contributed by atoms with E-state index in [0.29, 0.717) is 13.2 Å². The van der Waals surface area contributed by atoms with E-state index in [-0.39, 0.29) is 6.29 Å². The standard InChI is InChI=1S/C41H26O2/c1-2-12-32(13-3-1)22-23-33-14-4-5-15-34(33)24-25-35-16-6-7-17-36(35)26-27-37-18-8-9-19-38(37)28-29-39-20-10-11-21-40(39)41-42-30-31-43-41/h1-21,41H,30-31H2. The first-order valence-corrected chi connectivity index (χ1v) is 14.1. The van der Waals surface area contributed by atoms with E-state index < -0.39 is 0 Å². The Balaban J connectivity index is 1.28. The van der Waals surface area contributed by atoms with Gasteiger partial charge in [0, 0.05) is 50.1 Å². The smallest absolute Gasteiger partial charge is 0.185 e. The van der Waals surface area contributed by atoms with Crippen LogP contribution in [0.3, 0.4) is 0 Å². The minimum absolute atomic E-state index is 0.374. The van der Waals surface area contributed by atoms with E-state index in [4.69, 9.17) is 9.47 Å². The highest BCUT2D eigenvalue weighted by molar-refractivity contribution is 5.60. The van der Waals surface area contributed by atoms with Gasteiger partial charge < -0.3 is 9.47 Å². The molecule has 0 saturated carbocycles. The van der Waals surface area contributed by atoms with Crippen molar-refractivity contribution in [2.75, 3.05) is 13.2 Å². The first-order chi connectivity index (χ1) is 21.3. The summed E-state index contributed by atoms with van der Waals surface area (Å²) in [7, 11) is 0. The van der Waals surface area contributed by atoms with E-state index in [1.54, 1.807) is 0 Å². The quantitative estimate of drug-likeness (QED) is 0.204. The predicted octanol–water partition coefficient (Wildman–Crippen LogP) is 7.33. The molecule has 0 unspecified atom stereocenters. The van der Waals surface area contributed by atoms with Gasteiger partial charge >= 0.3 is 0 Å². The van der Waals surface area contributed by atoms with Crippen LogP contribution in [0.25, 0.3) is 0 Å². The summed E-state index contributed by atoms with van der Waals surface area (Å²) in [6.07, 6.45) is -0.374. The van der Waals surface area contributed by atoms with Crippen molar-refractivity contribution in [1.29, 1.82) is 0 Å². The highest BCUT2D eigenvalue weighted by atomic mass is 16.7. The Morgan fingerprint density at radius 3 is 1.12 bits per heavy atom. The number of rotatable bonds is 1. The SMILES string of the molecule is C(#Cc1ccccc1C#Cc1ccccc1C#Cc1ccccc1C#Cc1ccccc1C1OCCO1)c1ccccc1. The molecule has 0 radical (unpaired) electrons. The van der Waals surface area contributed by atoms with Crippen LogP contribution in [0, 0.1) is 47.4 Å². The molecule has 6 rings (SSSR count). The first-order valence-electron chi connectivity index (χ1n) is 14.1. The van der Waals surface area contributed by atoms with Crippen molar-refractivity contribution in [3.8, 4) is 47.4 Å². The van der Waals surface area contributed by atoms with E-state index in [2.05, 4.69) is 47.4 Å². The molecule has 0 N–H and O–H groups in total. The number of benzene rings is 5. The van der Waals surface area contributed by atoms with Crippen molar-refractivity contribution < 1.29 is 9.47 Å². The Labute approximate surface area is 253 Å². The molecular weight excluding hydrogens is 524 g/mol. The van der Waals surface area contributed by atoms with E-state index in [0.717, 1.165) is 50.1 Å². The fourth-order valence-electron chi connectivity index (χ4n) is 4.52. The van der Waals surface area contributed by atoms with Crippen LogP contribution >= 0.6 is 0 Å². The van der Waals surface area contributed by atoms with Crippen LogP contribution in [-0.4, -0.2) is 13.2 Å². The monoisotopic (exact) mass is 550 g/mol. The zero-order valence-electron chi connectivity index (χ0n) is 23.4. The maximum absolute atomic E-state index is 5.71. The molecular formula is C41H26O2. The van der Waals surface area contributed by atoms with Gasteiger partial charge in [0.25, 0.3) is 0 Å². The Hall–Kier alpha value is -5.74. The Bertz CT molecular complexity index is 2000. The third kappa shape index (κ3) is 7.13. The molecule has 43 heavy (non-hydrogen) atoms. The van der Waals surface area contributed by atoms with Gasteiger partial charge in [-0.05, 0) is 54.6 Å². The fraction of sp³-hybridized carbons (Fsp3) is 0.0732. The van der Waals surface area contributed by atoms with E-state index in [9.17, 15) is 0 Å². The molecule has 2 heteroatoms. The summed E-state index contributed by atoms with van der Waals surface area (Å²) >= 11 is 0. The van der Waals surface area contributed by atoms with Crippen LogP contribution in [-0.2, 0) is 9.47 Å². The molecule has 1 aliphatic heterocycles. The van der Waals surface area contributed by atoms with Crippen LogP contribution in [0.2, 0.25) is 0 Å². The highest BCUT2D eigenvalue weighted by Gasteiger charge is 2.20. The summed E-state index contributed by atoms with van der Waals surface area (Å²) < 4.78 is 11.4. The van der Waals surface area contributed by atoms with Crippen molar-refractivity contribution in [2.24, 2.45) is 0 Å². The van der Waals surface area contributed by atoms with E-state index in [1.165, 1.54) is 0 Å². The summed E-state index contributed by atoms with van der Waals surface area (Å²) in [6.45, 7) is 1.18. The molecule has 0 bridgehead atoms. The van der Waals surface area contributed by atoms with Gasteiger partial charge in [-0.2, -0.15) is 0 Å². The third-order valence-corrected chi connectivity index (χ3v) is 6.73. The first kappa shape index (κ1) is 27.4. The number of hydrogen-bond donors (Lipinski definition) is 0. The van der Waals surface area contributed by atoms with Crippen LogP contribution in [0.1, 0.15) is 56.4 Å². The molecule has 1 saturated heterocycles. The van der Waals surface area contributed by atoms with Gasteiger partial charge in [0.2, 0.25) is 0 Å². The molecule has 2 nitrogen and oxygen atoms in total. The van der Waals surface area contributed by atoms with Gasteiger partial charge in [-0.15, -0.1) is 0 Å². The molecule has 0 atom stereocenters. The lowest BCUT2D eigenvalue weighted by Gasteiger charge is -2.10. The van der Waals surface area contributed by atoms with Crippen molar-refractivity contribution >= 4 is 0 Å². The van der Waals surface area contributed by atoms with Gasteiger partial charge in [0.05, 0.1) is 13.2 Å². The van der Waals surface area contributed by atoms with Crippen LogP contribution < -0.4 is 0 Å². The lowest BCUT2D eigenvalue weighted by Crippen LogP contribution is -2.00. The molecule has 202 valence electrons. The van der Waals surface area contributed by atoms with Crippen LogP contribution in [0.4, 0.5) is 0 Å². The second kappa shape index (κ2) is 13.7. The van der Waals surface area contributed by atoms with Crippen LogP contribution in [0.15, 0.2) is 127 Å². The van der Waals surface area contributed by atoms with Gasteiger partial charge in [-0.3, -0.25) is 0 Å². The zero-order valence-corrected chi connectivity index (χ0v) is 23.4. The largest absolute Gasteiger partial charge is 0.346 e. The Morgan fingerprint density at radius 2 is 0.674 bits per heavy atom. The molecule has 1 aliphatic rings. The third-order valence-electron chi connectivity index (χ3n) is 6.73. The molecule has 0 aliphatic carbocycles. The summed E-state index contributed by atoms with van der Waals surface area (Å²) in [4.78, 5) is 0. The van der Waals surface area contributed by atoms with Gasteiger partial charge in [-0.25, -0.2) is 0 Å². The fourth-order valence-corrected chi connectivity index (χ4v) is 4.52. The van der Waals surface area contributed by atoms with Crippen molar-refractivity contribution in [2.45, 2.75) is 6.29 Å². The minimum atomic E-state index is -0.374. The van der Waals surface area contributed by atoms with Gasteiger partial charge in [0.15, 0.2) is 6.29 Å². The molecule has 0 aromatic heterocycles. The molecule has 0 spiro atoms. The Morgan fingerprint density at radius 1 is 0.349 bits per heavy atom. The maximum atomic E-state index is 5.71. The zero-order chi connectivity index (χ0) is 29.1. The second-order valence-corrected chi connectivity index (χ2v) is 9.66. The molecule has 5 aromatic rings. The van der Waals surface area contributed by atoms with Gasteiger partial charge in [0.1, 0.15) is 0 Å². The van der Waals surface area contributed by atoms with E-state index in [1.807, 2.05) is 127 Å². The molecule has 1 fully saturated rings. The average Bonchev–Trinajstić information content (AvgIpc) is 3.61. The minimum Gasteiger partial charge on any atom is -0.346 e. The normalized spacial score (nSPS) is 11.9. The highest BCUT2D eigenvalue weighted by Crippen LogP contribution is 2.26. The summed E-state index contributed by atoms with van der Waals surface area (Å²) in [5.41, 5.74) is 7.98. The maximum Gasteiger partial charge on any atom is 0.185 e. The molecule has 1 heterocycles. The van der Waals surface area contributed by atoms with Crippen molar-refractivity contribution in [1.82, 2.24) is 0 Å². The summed E-state index contributed by atoms with van der Waals surface area (Å²) in [5, 5.41) is 0. The number of ether oxygens (including phenoxy) is 2. The predicted molar refractivity (Wildman–Crippen MR) is 171 cm³/mol. The average molecular weight is 551 g/mol. The van der Waals surface area contributed by atoms with Crippen LogP contribution in [0.5, 0.6) is 0 Å². The van der Waals surface area contributed by atoms with Crippen molar-refractivity contribution in [3.63, 3.8) is 0 Å². The lowest BCUT2D eigenvalue weighted by atomic mass is 10.0. The second-order valence-electron chi connectivity index (χ2n) is 9.66. The molecule has 5 aromatic carbocycles. The molecule has 0 amide bonds. The summed E-state index contributed by atoms with van der Waals surface area (Å²) in [5.74, 6) is 26.4. The van der Waals surface area contributed by atoms with Crippen molar-refractivity contribution in [3.05, 3.63) is 177 Å². The lowest BCUT2D eigenvalue weighted by molar-refractivity contribution is -0.0442. The van der Waals surface area contributed by atoms with Gasteiger partial charge in [-0.1, -0.05) is 120 Å². The Kier molecular flexibility index (Phi) is 8.77. The van der Waals surface area contributed by atoms with E-state index >= 15 is 0 Å². The summed E-state index contributed by atoms with van der Waals surface area (Å²) in [6, 6.07) is 41.7. The topological polar surface area (TPSA) is 18.5 Å².